The summed E-state index contributed by atoms with van der Waals surface area (Å²) in [5.41, 5.74) is 2.14. The van der Waals surface area contributed by atoms with Gasteiger partial charge in [0.15, 0.2) is 11.5 Å². The lowest BCUT2D eigenvalue weighted by molar-refractivity contribution is -0.120. The second kappa shape index (κ2) is 10.8. The van der Waals surface area contributed by atoms with E-state index in [1.54, 1.807) is 20.2 Å². The topological polar surface area (TPSA) is 63.7 Å². The zero-order chi connectivity index (χ0) is 22.3. The molecule has 1 atom stereocenters. The Morgan fingerprint density at radius 1 is 1.12 bits per heavy atom. The van der Waals surface area contributed by atoms with Gasteiger partial charge in [-0.1, -0.05) is 18.2 Å². The van der Waals surface area contributed by atoms with Gasteiger partial charge in [0.2, 0.25) is 5.91 Å². The van der Waals surface area contributed by atoms with Crippen molar-refractivity contribution in [3.8, 4) is 11.5 Å². The SMILES string of the molecule is COc1cccc(CN2CCC([C@@H](NC(C)=O)c3ccccn3)CC2)c1OC1CCCC1. The molecule has 0 radical (unpaired) electrons. The van der Waals surface area contributed by atoms with Gasteiger partial charge in [0.25, 0.3) is 0 Å². The van der Waals surface area contributed by atoms with Crippen molar-refractivity contribution in [1.82, 2.24) is 15.2 Å². The van der Waals surface area contributed by atoms with Gasteiger partial charge in [-0.05, 0) is 75.7 Å². The number of hydrogen-bond acceptors (Lipinski definition) is 5. The predicted molar refractivity (Wildman–Crippen MR) is 125 cm³/mol. The molecule has 6 heteroatoms. The average molecular weight is 438 g/mol. The van der Waals surface area contributed by atoms with E-state index in [9.17, 15) is 4.79 Å². The van der Waals surface area contributed by atoms with Gasteiger partial charge >= 0.3 is 0 Å². The smallest absolute Gasteiger partial charge is 0.217 e. The van der Waals surface area contributed by atoms with Crippen LogP contribution in [0, 0.1) is 5.92 Å². The largest absolute Gasteiger partial charge is 0.493 e. The third kappa shape index (κ3) is 5.60. The lowest BCUT2D eigenvalue weighted by atomic mass is 9.87. The number of pyridine rings is 1. The van der Waals surface area contributed by atoms with Crippen LogP contribution in [0.15, 0.2) is 42.6 Å². The lowest BCUT2D eigenvalue weighted by Gasteiger charge is -2.36. The second-order valence-electron chi connectivity index (χ2n) is 9.02. The van der Waals surface area contributed by atoms with Crippen LogP contribution in [0.25, 0.3) is 0 Å². The summed E-state index contributed by atoms with van der Waals surface area (Å²) >= 11 is 0. The highest BCUT2D eigenvalue weighted by Crippen LogP contribution is 2.37. The van der Waals surface area contributed by atoms with E-state index in [1.165, 1.54) is 18.4 Å². The highest BCUT2D eigenvalue weighted by atomic mass is 16.5. The molecule has 0 bridgehead atoms. The number of hydrogen-bond donors (Lipinski definition) is 1. The van der Waals surface area contributed by atoms with E-state index < -0.39 is 0 Å². The number of aromatic nitrogens is 1. The van der Waals surface area contributed by atoms with E-state index in [-0.39, 0.29) is 11.9 Å². The van der Waals surface area contributed by atoms with Crippen LogP contribution in [0.4, 0.5) is 0 Å². The van der Waals surface area contributed by atoms with E-state index in [4.69, 9.17) is 9.47 Å². The van der Waals surface area contributed by atoms with Gasteiger partial charge in [-0.3, -0.25) is 14.7 Å². The molecule has 0 spiro atoms. The Kier molecular flexibility index (Phi) is 7.63. The first-order valence-electron chi connectivity index (χ1n) is 11.9. The zero-order valence-corrected chi connectivity index (χ0v) is 19.3. The number of rotatable bonds is 8. The molecule has 2 heterocycles. The number of carbonyl (C=O) groups excluding carboxylic acids is 1. The molecule has 2 aliphatic rings. The second-order valence-corrected chi connectivity index (χ2v) is 9.02. The van der Waals surface area contributed by atoms with Crippen LogP contribution >= 0.6 is 0 Å². The van der Waals surface area contributed by atoms with Gasteiger partial charge in [0.1, 0.15) is 0 Å². The third-order valence-electron chi connectivity index (χ3n) is 6.73. The quantitative estimate of drug-likeness (QED) is 0.659. The van der Waals surface area contributed by atoms with Crippen LogP contribution in [-0.2, 0) is 11.3 Å². The van der Waals surface area contributed by atoms with Gasteiger partial charge in [-0.25, -0.2) is 0 Å². The molecule has 1 amide bonds. The predicted octanol–water partition coefficient (Wildman–Crippen LogP) is 4.50. The number of amides is 1. The molecule has 1 saturated carbocycles. The van der Waals surface area contributed by atoms with Crippen LogP contribution < -0.4 is 14.8 Å². The summed E-state index contributed by atoms with van der Waals surface area (Å²) in [6.07, 6.45) is 8.88. The molecule has 1 N–H and O–H groups in total. The van der Waals surface area contributed by atoms with E-state index >= 15 is 0 Å². The third-order valence-corrected chi connectivity index (χ3v) is 6.73. The molecule has 0 unspecified atom stereocenters. The monoisotopic (exact) mass is 437 g/mol. The summed E-state index contributed by atoms with van der Waals surface area (Å²) in [6.45, 7) is 4.39. The van der Waals surface area contributed by atoms with Crippen LogP contribution in [0.2, 0.25) is 0 Å². The van der Waals surface area contributed by atoms with Gasteiger partial charge in [0.05, 0.1) is 24.9 Å². The average Bonchev–Trinajstić information content (AvgIpc) is 3.33. The summed E-state index contributed by atoms with van der Waals surface area (Å²) in [7, 11) is 1.71. The summed E-state index contributed by atoms with van der Waals surface area (Å²) in [4.78, 5) is 18.8. The van der Waals surface area contributed by atoms with E-state index in [2.05, 4.69) is 27.3 Å². The molecule has 1 aliphatic carbocycles. The molecule has 2 aromatic rings. The summed E-state index contributed by atoms with van der Waals surface area (Å²) in [6, 6.07) is 12.1. The number of ether oxygens (including phenoxy) is 2. The first kappa shape index (κ1) is 22.6. The minimum Gasteiger partial charge on any atom is -0.493 e. The lowest BCUT2D eigenvalue weighted by Crippen LogP contribution is -2.40. The molecular formula is C26H35N3O3. The number of nitrogens with one attached hydrogen (secondary N) is 1. The van der Waals surface area contributed by atoms with Crippen molar-refractivity contribution in [2.24, 2.45) is 5.92 Å². The minimum atomic E-state index is -0.0334. The molecule has 6 nitrogen and oxygen atoms in total. The number of benzene rings is 1. The molecular weight excluding hydrogens is 402 g/mol. The van der Waals surface area contributed by atoms with Crippen molar-refractivity contribution in [2.75, 3.05) is 20.2 Å². The van der Waals surface area contributed by atoms with Crippen molar-refractivity contribution >= 4 is 5.91 Å². The number of methoxy groups -OCH3 is 1. The van der Waals surface area contributed by atoms with Crippen molar-refractivity contribution in [3.63, 3.8) is 0 Å². The first-order valence-corrected chi connectivity index (χ1v) is 11.9. The van der Waals surface area contributed by atoms with Gasteiger partial charge in [0, 0.05) is 25.2 Å². The van der Waals surface area contributed by atoms with Crippen molar-refractivity contribution in [1.29, 1.82) is 0 Å². The molecule has 1 saturated heterocycles. The van der Waals surface area contributed by atoms with E-state index in [0.29, 0.717) is 12.0 Å². The number of likely N-dealkylation sites (tertiary alicyclic amines) is 1. The number of piperidine rings is 1. The molecule has 32 heavy (non-hydrogen) atoms. The Balaban J connectivity index is 1.42. The Labute approximate surface area is 191 Å². The van der Waals surface area contributed by atoms with Crippen LogP contribution in [0.5, 0.6) is 11.5 Å². The Bertz CT molecular complexity index is 875. The number of nitrogens with zero attached hydrogens (tertiary/aromatic N) is 2. The highest BCUT2D eigenvalue weighted by Gasteiger charge is 2.30. The Hall–Kier alpha value is -2.60. The maximum atomic E-state index is 11.8. The first-order chi connectivity index (χ1) is 15.6. The van der Waals surface area contributed by atoms with Crippen molar-refractivity contribution in [3.05, 3.63) is 53.9 Å². The zero-order valence-electron chi connectivity index (χ0n) is 19.3. The van der Waals surface area contributed by atoms with Crippen molar-refractivity contribution in [2.45, 2.75) is 64.1 Å². The molecule has 1 aromatic carbocycles. The van der Waals surface area contributed by atoms with Crippen LogP contribution in [-0.4, -0.2) is 42.1 Å². The van der Waals surface area contributed by atoms with E-state index in [1.807, 2.05) is 24.3 Å². The van der Waals surface area contributed by atoms with Crippen LogP contribution in [0.3, 0.4) is 0 Å². The molecule has 2 fully saturated rings. The van der Waals surface area contributed by atoms with Crippen LogP contribution in [0.1, 0.15) is 62.7 Å². The summed E-state index contributed by atoms with van der Waals surface area (Å²) in [5, 5.41) is 3.14. The maximum Gasteiger partial charge on any atom is 0.217 e. The fourth-order valence-electron chi connectivity index (χ4n) is 5.05. The van der Waals surface area contributed by atoms with Gasteiger partial charge < -0.3 is 14.8 Å². The van der Waals surface area contributed by atoms with Gasteiger partial charge in [-0.2, -0.15) is 0 Å². The maximum absolute atomic E-state index is 11.8. The fraction of sp³-hybridized carbons (Fsp3) is 0.538. The van der Waals surface area contributed by atoms with Gasteiger partial charge in [-0.15, -0.1) is 0 Å². The Morgan fingerprint density at radius 2 is 1.91 bits per heavy atom. The minimum absolute atomic E-state index is 0.00633. The van der Waals surface area contributed by atoms with Crippen molar-refractivity contribution < 1.29 is 14.3 Å². The molecule has 1 aliphatic heterocycles. The normalized spacial score (nSPS) is 18.9. The molecule has 4 rings (SSSR count). The Morgan fingerprint density at radius 3 is 2.56 bits per heavy atom. The molecule has 172 valence electrons. The summed E-state index contributed by atoms with van der Waals surface area (Å²) in [5.74, 6) is 2.11. The molecule has 1 aromatic heterocycles. The summed E-state index contributed by atoms with van der Waals surface area (Å²) < 4.78 is 12.1. The van der Waals surface area contributed by atoms with E-state index in [0.717, 1.165) is 62.5 Å². The highest BCUT2D eigenvalue weighted by molar-refractivity contribution is 5.73. The number of para-hydroxylation sites is 1. The fourth-order valence-corrected chi connectivity index (χ4v) is 5.05. The standard InChI is InChI=1S/C26H35N3O3/c1-19(30)28-25(23-11-5-6-15-27-23)20-13-16-29(17-14-20)18-21-8-7-12-24(31-2)26(21)32-22-9-3-4-10-22/h5-8,11-12,15,20,22,25H,3-4,9-10,13-14,16-18H2,1-2H3,(H,28,30)/t25-/m1/s1. The number of carbonyl (C=O) groups is 1.